The summed E-state index contributed by atoms with van der Waals surface area (Å²) in [5, 5.41) is 13.5. The number of hydrogen-bond acceptors (Lipinski definition) is 5. The maximum absolute atomic E-state index is 13.3. The normalized spacial score (nSPS) is 11.0. The molecule has 0 aliphatic heterocycles. The van der Waals surface area contributed by atoms with Gasteiger partial charge >= 0.3 is 0 Å². The molecule has 0 spiro atoms. The first kappa shape index (κ1) is 22.4. The second kappa shape index (κ2) is 9.27. The largest absolute Gasteiger partial charge is 0.324 e. The smallest absolute Gasteiger partial charge is 0.271 e. The molecule has 0 aromatic heterocycles. The Balaban J connectivity index is 1.93. The summed E-state index contributed by atoms with van der Waals surface area (Å²) < 4.78 is 28.3. The van der Waals surface area contributed by atoms with Crippen LogP contribution in [-0.2, 0) is 14.8 Å². The highest BCUT2D eigenvalue weighted by Gasteiger charge is 2.27. The second-order valence-corrected chi connectivity index (χ2v) is 9.44. The van der Waals surface area contributed by atoms with Gasteiger partial charge in [-0.3, -0.25) is 19.2 Å². The van der Waals surface area contributed by atoms with Gasteiger partial charge < -0.3 is 5.32 Å². The maximum atomic E-state index is 13.3. The first-order chi connectivity index (χ1) is 14.7. The van der Waals surface area contributed by atoms with Gasteiger partial charge in [0.05, 0.1) is 15.5 Å². The molecule has 8 nitrogen and oxygen atoms in total. The number of nitrogens with one attached hydrogen (secondary N) is 1. The molecule has 0 fully saturated rings. The van der Waals surface area contributed by atoms with E-state index in [1.165, 1.54) is 36.4 Å². The second-order valence-electron chi connectivity index (χ2n) is 6.66. The third-order valence-electron chi connectivity index (χ3n) is 4.33. The highest BCUT2D eigenvalue weighted by Crippen LogP contribution is 2.27. The minimum Gasteiger partial charge on any atom is -0.324 e. The van der Waals surface area contributed by atoms with Crippen LogP contribution < -0.4 is 9.62 Å². The van der Waals surface area contributed by atoms with Gasteiger partial charge in [-0.1, -0.05) is 45.8 Å². The quantitative estimate of drug-likeness (QED) is 0.377. The van der Waals surface area contributed by atoms with Crippen molar-refractivity contribution in [3.8, 4) is 0 Å². The molecular weight excluding hydrogens is 486 g/mol. The van der Waals surface area contributed by atoms with Crippen LogP contribution in [0.3, 0.4) is 0 Å². The van der Waals surface area contributed by atoms with E-state index in [1.54, 1.807) is 36.4 Å². The number of amides is 1. The zero-order valence-electron chi connectivity index (χ0n) is 16.4. The van der Waals surface area contributed by atoms with Crippen molar-refractivity contribution in [3.63, 3.8) is 0 Å². The van der Waals surface area contributed by atoms with Crippen LogP contribution in [0.4, 0.5) is 17.1 Å². The van der Waals surface area contributed by atoms with Crippen molar-refractivity contribution < 1.29 is 18.1 Å². The Morgan fingerprint density at radius 3 is 2.39 bits per heavy atom. The predicted octanol–water partition coefficient (Wildman–Crippen LogP) is 4.50. The number of carbonyl (C=O) groups is 1. The highest BCUT2D eigenvalue weighted by molar-refractivity contribution is 9.10. The number of sulfonamides is 1. The van der Waals surface area contributed by atoms with E-state index in [-0.39, 0.29) is 16.3 Å². The van der Waals surface area contributed by atoms with Gasteiger partial charge in [0.2, 0.25) is 5.91 Å². The van der Waals surface area contributed by atoms with Gasteiger partial charge in [0, 0.05) is 22.3 Å². The molecule has 0 aliphatic carbocycles. The number of anilines is 2. The SMILES string of the molecule is Cc1ccc(S(=O)(=O)N(CC(=O)Nc2cccc([N+](=O)[O-])c2)c2cccc(Br)c2)cc1. The lowest BCUT2D eigenvalue weighted by atomic mass is 10.2. The lowest BCUT2D eigenvalue weighted by molar-refractivity contribution is -0.384. The number of hydrogen-bond donors (Lipinski definition) is 1. The van der Waals surface area contributed by atoms with E-state index < -0.39 is 27.4 Å². The van der Waals surface area contributed by atoms with E-state index in [0.717, 1.165) is 9.87 Å². The maximum Gasteiger partial charge on any atom is 0.271 e. The predicted molar refractivity (Wildman–Crippen MR) is 122 cm³/mol. The zero-order chi connectivity index (χ0) is 22.6. The monoisotopic (exact) mass is 503 g/mol. The van der Waals surface area contributed by atoms with Crippen LogP contribution in [0, 0.1) is 17.0 Å². The summed E-state index contributed by atoms with van der Waals surface area (Å²) in [7, 11) is -4.05. The molecule has 3 aromatic carbocycles. The fourth-order valence-electron chi connectivity index (χ4n) is 2.81. The van der Waals surface area contributed by atoms with E-state index in [4.69, 9.17) is 0 Å². The van der Waals surface area contributed by atoms with Gasteiger partial charge in [0.1, 0.15) is 6.54 Å². The van der Waals surface area contributed by atoms with Gasteiger partial charge in [-0.05, 0) is 43.3 Å². The Labute approximate surface area is 187 Å². The molecule has 0 saturated heterocycles. The molecule has 3 rings (SSSR count). The molecule has 10 heteroatoms. The Morgan fingerprint density at radius 2 is 1.74 bits per heavy atom. The van der Waals surface area contributed by atoms with E-state index >= 15 is 0 Å². The minimum absolute atomic E-state index is 0.0428. The van der Waals surface area contributed by atoms with Gasteiger partial charge in [-0.2, -0.15) is 0 Å². The van der Waals surface area contributed by atoms with Gasteiger partial charge in [0.25, 0.3) is 15.7 Å². The third-order valence-corrected chi connectivity index (χ3v) is 6.61. The number of nitrogens with zero attached hydrogens (tertiary/aromatic N) is 2. The first-order valence-electron chi connectivity index (χ1n) is 9.06. The van der Waals surface area contributed by atoms with Crippen molar-refractivity contribution >= 4 is 48.9 Å². The van der Waals surface area contributed by atoms with Crippen molar-refractivity contribution in [2.75, 3.05) is 16.2 Å². The number of benzene rings is 3. The van der Waals surface area contributed by atoms with Crippen LogP contribution in [0.25, 0.3) is 0 Å². The standard InChI is InChI=1S/C21H18BrN3O5S/c1-15-8-10-20(11-9-15)31(29,30)24(18-6-2-4-16(22)12-18)14-21(26)23-17-5-3-7-19(13-17)25(27)28/h2-13H,14H2,1H3,(H,23,26). The molecular formula is C21H18BrN3O5S. The number of rotatable bonds is 7. The molecule has 0 heterocycles. The average Bonchev–Trinajstić information content (AvgIpc) is 2.72. The summed E-state index contributed by atoms with van der Waals surface area (Å²) in [5.41, 5.74) is 1.20. The summed E-state index contributed by atoms with van der Waals surface area (Å²) in [5.74, 6) is -0.642. The Morgan fingerprint density at radius 1 is 1.06 bits per heavy atom. The summed E-state index contributed by atoms with van der Waals surface area (Å²) in [6, 6.07) is 18.3. The van der Waals surface area contributed by atoms with Crippen LogP contribution in [0.2, 0.25) is 0 Å². The first-order valence-corrected chi connectivity index (χ1v) is 11.3. The van der Waals surface area contributed by atoms with Crippen molar-refractivity contribution in [1.82, 2.24) is 0 Å². The van der Waals surface area contributed by atoms with Gasteiger partial charge in [-0.15, -0.1) is 0 Å². The lowest BCUT2D eigenvalue weighted by Gasteiger charge is -2.24. The number of nitro groups is 1. The van der Waals surface area contributed by atoms with Crippen molar-refractivity contribution in [2.45, 2.75) is 11.8 Å². The van der Waals surface area contributed by atoms with Gasteiger partial charge in [-0.25, -0.2) is 8.42 Å². The molecule has 0 radical (unpaired) electrons. The average molecular weight is 504 g/mol. The summed E-state index contributed by atoms with van der Waals surface area (Å²) in [6.07, 6.45) is 0. The number of aryl methyl sites for hydroxylation is 1. The fraction of sp³-hybridized carbons (Fsp3) is 0.0952. The minimum atomic E-state index is -4.05. The molecule has 1 N–H and O–H groups in total. The topological polar surface area (TPSA) is 110 Å². The molecule has 0 unspecified atom stereocenters. The van der Waals surface area contributed by atoms with Crippen LogP contribution in [-0.4, -0.2) is 25.8 Å². The van der Waals surface area contributed by atoms with E-state index in [1.807, 2.05) is 6.92 Å². The van der Waals surface area contributed by atoms with Crippen LogP contribution in [0.1, 0.15) is 5.56 Å². The summed E-state index contributed by atoms with van der Waals surface area (Å²) >= 11 is 3.32. The highest BCUT2D eigenvalue weighted by atomic mass is 79.9. The molecule has 0 bridgehead atoms. The van der Waals surface area contributed by atoms with Crippen LogP contribution in [0.5, 0.6) is 0 Å². The van der Waals surface area contributed by atoms with Gasteiger partial charge in [0.15, 0.2) is 0 Å². The fourth-order valence-corrected chi connectivity index (χ4v) is 4.61. The lowest BCUT2D eigenvalue weighted by Crippen LogP contribution is -2.38. The van der Waals surface area contributed by atoms with Crippen molar-refractivity contribution in [1.29, 1.82) is 0 Å². The van der Waals surface area contributed by atoms with E-state index in [0.29, 0.717) is 10.2 Å². The Hall–Kier alpha value is -3.24. The molecule has 1 amide bonds. The van der Waals surface area contributed by atoms with Crippen molar-refractivity contribution in [2.24, 2.45) is 0 Å². The number of non-ortho nitro benzene ring substituents is 1. The number of carbonyl (C=O) groups excluding carboxylic acids is 1. The number of halogens is 1. The molecule has 0 saturated carbocycles. The summed E-state index contributed by atoms with van der Waals surface area (Å²) in [6.45, 7) is 1.32. The zero-order valence-corrected chi connectivity index (χ0v) is 18.8. The number of nitro benzene ring substituents is 1. The Bertz CT molecular complexity index is 1230. The molecule has 31 heavy (non-hydrogen) atoms. The van der Waals surface area contributed by atoms with E-state index in [9.17, 15) is 23.3 Å². The Kier molecular flexibility index (Phi) is 6.71. The van der Waals surface area contributed by atoms with Crippen LogP contribution >= 0.6 is 15.9 Å². The third kappa shape index (κ3) is 5.47. The molecule has 0 aliphatic rings. The van der Waals surface area contributed by atoms with E-state index in [2.05, 4.69) is 21.2 Å². The summed E-state index contributed by atoms with van der Waals surface area (Å²) in [4.78, 5) is 23.1. The van der Waals surface area contributed by atoms with Crippen LogP contribution in [0.15, 0.2) is 82.2 Å². The molecule has 0 atom stereocenters. The van der Waals surface area contributed by atoms with Crippen molar-refractivity contribution in [3.05, 3.63) is 92.9 Å². The molecule has 160 valence electrons. The molecule has 3 aromatic rings.